The SMILES string of the molecule is Cc1c2c(nn1C)CC(C)(C)C1=CNC(Nc3ccccc3)=NC12C. The molecule has 1 unspecified atom stereocenters. The molecule has 2 heterocycles. The summed E-state index contributed by atoms with van der Waals surface area (Å²) in [6.45, 7) is 8.89. The van der Waals surface area contributed by atoms with Gasteiger partial charge in [0.05, 0.1) is 5.69 Å². The second kappa shape index (κ2) is 5.22. The lowest BCUT2D eigenvalue weighted by atomic mass is 9.63. The summed E-state index contributed by atoms with van der Waals surface area (Å²) in [6, 6.07) is 10.1. The Morgan fingerprint density at radius 3 is 2.60 bits per heavy atom. The van der Waals surface area contributed by atoms with Gasteiger partial charge < -0.3 is 10.6 Å². The molecule has 0 spiro atoms. The summed E-state index contributed by atoms with van der Waals surface area (Å²) in [5.41, 5.74) is 5.52. The summed E-state index contributed by atoms with van der Waals surface area (Å²) in [6.07, 6.45) is 3.07. The molecule has 1 aromatic heterocycles. The molecule has 2 aromatic rings. The number of aliphatic imine (C=N–C) groups is 1. The Balaban J connectivity index is 1.82. The quantitative estimate of drug-likeness (QED) is 0.839. The molecule has 5 nitrogen and oxygen atoms in total. The highest BCUT2D eigenvalue weighted by Gasteiger charge is 2.49. The van der Waals surface area contributed by atoms with Crippen molar-refractivity contribution in [1.82, 2.24) is 15.1 Å². The van der Waals surface area contributed by atoms with Crippen LogP contribution in [0.5, 0.6) is 0 Å². The van der Waals surface area contributed by atoms with Crippen molar-refractivity contribution in [1.29, 1.82) is 0 Å². The molecule has 1 atom stereocenters. The topological polar surface area (TPSA) is 54.2 Å². The number of aryl methyl sites for hydroxylation is 1. The third kappa shape index (κ3) is 2.37. The van der Waals surface area contributed by atoms with Crippen molar-refractivity contribution in [3.05, 3.63) is 59.1 Å². The second-order valence-corrected chi connectivity index (χ2v) is 7.82. The minimum Gasteiger partial charge on any atom is -0.333 e. The maximum absolute atomic E-state index is 5.11. The Morgan fingerprint density at radius 1 is 1.16 bits per heavy atom. The number of benzene rings is 1. The minimum absolute atomic E-state index is 0.0112. The van der Waals surface area contributed by atoms with Crippen LogP contribution in [-0.2, 0) is 19.0 Å². The van der Waals surface area contributed by atoms with Crippen LogP contribution < -0.4 is 10.6 Å². The summed E-state index contributed by atoms with van der Waals surface area (Å²) >= 11 is 0. The van der Waals surface area contributed by atoms with Crippen molar-refractivity contribution < 1.29 is 0 Å². The highest BCUT2D eigenvalue weighted by Crippen LogP contribution is 2.52. The molecular weight excluding hydrogens is 310 g/mol. The van der Waals surface area contributed by atoms with Crippen molar-refractivity contribution in [2.24, 2.45) is 17.5 Å². The molecule has 0 saturated carbocycles. The lowest BCUT2D eigenvalue weighted by Gasteiger charge is -2.45. The van der Waals surface area contributed by atoms with Crippen molar-refractivity contribution in [3.63, 3.8) is 0 Å². The first-order valence-electron chi connectivity index (χ1n) is 8.74. The number of hydrogen-bond acceptors (Lipinski definition) is 4. The Hall–Kier alpha value is -2.56. The first-order chi connectivity index (χ1) is 11.8. The molecule has 1 aliphatic carbocycles. The van der Waals surface area contributed by atoms with Gasteiger partial charge in [-0.2, -0.15) is 5.10 Å². The third-order valence-electron chi connectivity index (χ3n) is 5.48. The number of rotatable bonds is 1. The van der Waals surface area contributed by atoms with Crippen LogP contribution in [0.2, 0.25) is 0 Å². The molecule has 1 aliphatic heterocycles. The Kier molecular flexibility index (Phi) is 3.33. The predicted octanol–water partition coefficient (Wildman–Crippen LogP) is 3.48. The van der Waals surface area contributed by atoms with Gasteiger partial charge in [-0.05, 0) is 37.0 Å². The van der Waals surface area contributed by atoms with Gasteiger partial charge in [-0.15, -0.1) is 0 Å². The van der Waals surface area contributed by atoms with Gasteiger partial charge in [0.1, 0.15) is 5.54 Å². The van der Waals surface area contributed by atoms with E-state index in [0.717, 1.165) is 23.8 Å². The van der Waals surface area contributed by atoms with Crippen molar-refractivity contribution in [3.8, 4) is 0 Å². The molecule has 2 aliphatic rings. The molecule has 0 amide bonds. The molecule has 0 radical (unpaired) electrons. The summed E-state index contributed by atoms with van der Waals surface area (Å²) in [4.78, 5) is 5.11. The van der Waals surface area contributed by atoms with E-state index in [4.69, 9.17) is 10.1 Å². The van der Waals surface area contributed by atoms with Gasteiger partial charge in [-0.3, -0.25) is 4.68 Å². The number of aromatic nitrogens is 2. The number of hydrogen-bond donors (Lipinski definition) is 2. The van der Waals surface area contributed by atoms with E-state index in [9.17, 15) is 0 Å². The van der Waals surface area contributed by atoms with E-state index in [2.05, 4.69) is 44.5 Å². The predicted molar refractivity (Wildman–Crippen MR) is 102 cm³/mol. The fourth-order valence-electron chi connectivity index (χ4n) is 4.31. The first-order valence-corrected chi connectivity index (χ1v) is 8.74. The molecular formula is C20H25N5. The highest BCUT2D eigenvalue weighted by molar-refractivity contribution is 5.95. The van der Waals surface area contributed by atoms with Gasteiger partial charge >= 0.3 is 0 Å². The van der Waals surface area contributed by atoms with Gasteiger partial charge in [0.15, 0.2) is 0 Å². The normalized spacial score (nSPS) is 23.7. The number of fused-ring (bicyclic) bond motifs is 3. The van der Waals surface area contributed by atoms with E-state index in [1.54, 1.807) is 0 Å². The average molecular weight is 335 g/mol. The largest absolute Gasteiger partial charge is 0.333 e. The Morgan fingerprint density at radius 2 is 1.88 bits per heavy atom. The van der Waals surface area contributed by atoms with Crippen LogP contribution in [0.3, 0.4) is 0 Å². The molecule has 5 heteroatoms. The number of guanidine groups is 1. The maximum Gasteiger partial charge on any atom is 0.201 e. The molecule has 2 N–H and O–H groups in total. The average Bonchev–Trinajstić information content (AvgIpc) is 2.81. The monoisotopic (exact) mass is 335 g/mol. The van der Waals surface area contributed by atoms with Gasteiger partial charge in [0.2, 0.25) is 5.96 Å². The summed E-state index contributed by atoms with van der Waals surface area (Å²) in [5.74, 6) is 0.768. The highest BCUT2D eigenvalue weighted by atomic mass is 15.3. The maximum atomic E-state index is 5.11. The molecule has 1 aromatic carbocycles. The number of nitrogens with zero attached hydrogens (tertiary/aromatic N) is 3. The van der Waals surface area contributed by atoms with Crippen LogP contribution in [0.1, 0.15) is 37.7 Å². The zero-order valence-electron chi connectivity index (χ0n) is 15.5. The minimum atomic E-state index is -0.405. The van der Waals surface area contributed by atoms with Crippen molar-refractivity contribution in [2.45, 2.75) is 39.7 Å². The van der Waals surface area contributed by atoms with E-state index in [1.807, 2.05) is 42.1 Å². The van der Waals surface area contributed by atoms with E-state index in [-0.39, 0.29) is 5.41 Å². The van der Waals surface area contributed by atoms with E-state index in [1.165, 1.54) is 16.8 Å². The Labute approximate surface area is 148 Å². The van der Waals surface area contributed by atoms with Crippen LogP contribution in [-0.4, -0.2) is 15.7 Å². The molecule has 0 fully saturated rings. The van der Waals surface area contributed by atoms with Crippen LogP contribution in [0.25, 0.3) is 0 Å². The van der Waals surface area contributed by atoms with Gasteiger partial charge in [-0.1, -0.05) is 32.0 Å². The molecule has 25 heavy (non-hydrogen) atoms. The van der Waals surface area contributed by atoms with Crippen molar-refractivity contribution >= 4 is 11.6 Å². The molecule has 0 bridgehead atoms. The summed E-state index contributed by atoms with van der Waals surface area (Å²) < 4.78 is 1.98. The molecule has 0 saturated heterocycles. The van der Waals surface area contributed by atoms with Crippen molar-refractivity contribution in [2.75, 3.05) is 5.32 Å². The zero-order valence-corrected chi connectivity index (χ0v) is 15.5. The standard InChI is InChI=1S/C20H25N5/c1-13-17-15(24-25(13)5)11-19(2,3)16-12-21-18(23-20(16,17)4)22-14-9-7-6-8-10-14/h6-10,12H,11H2,1-5H3,(H2,21,22,23). The van der Waals surface area contributed by atoms with E-state index >= 15 is 0 Å². The fraction of sp³-hybridized carbons (Fsp3) is 0.400. The van der Waals surface area contributed by atoms with Gasteiger partial charge in [0.25, 0.3) is 0 Å². The van der Waals surface area contributed by atoms with Crippen LogP contribution in [0.4, 0.5) is 5.69 Å². The van der Waals surface area contributed by atoms with Crippen LogP contribution in [0.15, 0.2) is 47.1 Å². The fourth-order valence-corrected chi connectivity index (χ4v) is 4.31. The lowest BCUT2D eigenvalue weighted by Crippen LogP contribution is -2.46. The Bertz CT molecular complexity index is 888. The van der Waals surface area contributed by atoms with Crippen LogP contribution in [0, 0.1) is 12.3 Å². The van der Waals surface area contributed by atoms with E-state index < -0.39 is 5.54 Å². The number of para-hydroxylation sites is 1. The van der Waals surface area contributed by atoms with Crippen LogP contribution >= 0.6 is 0 Å². The number of anilines is 1. The zero-order chi connectivity index (χ0) is 17.8. The summed E-state index contributed by atoms with van der Waals surface area (Å²) in [7, 11) is 2.02. The van der Waals surface area contributed by atoms with Gasteiger partial charge in [-0.25, -0.2) is 4.99 Å². The lowest BCUT2D eigenvalue weighted by molar-refractivity contribution is 0.330. The molecule has 4 rings (SSSR count). The number of nitrogens with one attached hydrogen (secondary N) is 2. The molecule has 130 valence electrons. The smallest absolute Gasteiger partial charge is 0.201 e. The van der Waals surface area contributed by atoms with Gasteiger partial charge in [0, 0.05) is 36.6 Å². The first kappa shape index (κ1) is 15.9. The summed E-state index contributed by atoms with van der Waals surface area (Å²) in [5, 5.41) is 11.5. The van der Waals surface area contributed by atoms with E-state index in [0.29, 0.717) is 0 Å². The second-order valence-electron chi connectivity index (χ2n) is 7.82. The third-order valence-corrected chi connectivity index (χ3v) is 5.48.